The van der Waals surface area contributed by atoms with E-state index in [0.29, 0.717) is 19.5 Å². The summed E-state index contributed by atoms with van der Waals surface area (Å²) in [4.78, 5) is 13.8. The van der Waals surface area contributed by atoms with Crippen molar-refractivity contribution < 1.29 is 14.6 Å². The van der Waals surface area contributed by atoms with Crippen LogP contribution >= 0.6 is 0 Å². The SMILES string of the molecule is CC(C)N(CC1(O)CCCNC1)C(=O)OC(C)(C)C. The van der Waals surface area contributed by atoms with E-state index >= 15 is 0 Å². The molecule has 0 aromatic carbocycles. The lowest BCUT2D eigenvalue weighted by atomic mass is 9.93. The Labute approximate surface area is 116 Å². The minimum atomic E-state index is -0.848. The van der Waals surface area contributed by atoms with E-state index < -0.39 is 11.2 Å². The number of nitrogens with one attached hydrogen (secondary N) is 1. The van der Waals surface area contributed by atoms with Gasteiger partial charge in [0.15, 0.2) is 0 Å². The van der Waals surface area contributed by atoms with E-state index in [1.807, 2.05) is 34.6 Å². The van der Waals surface area contributed by atoms with Crippen LogP contribution in [-0.4, -0.2) is 53.0 Å². The first-order valence-corrected chi connectivity index (χ1v) is 7.06. The molecule has 0 saturated carbocycles. The Bertz CT molecular complexity index is 304. The smallest absolute Gasteiger partial charge is 0.410 e. The molecule has 0 bridgehead atoms. The lowest BCUT2D eigenvalue weighted by Crippen LogP contribution is -2.56. The molecule has 0 radical (unpaired) electrons. The van der Waals surface area contributed by atoms with Gasteiger partial charge in [-0.05, 0) is 54.0 Å². The van der Waals surface area contributed by atoms with Gasteiger partial charge in [0.2, 0.25) is 0 Å². The summed E-state index contributed by atoms with van der Waals surface area (Å²) in [6.07, 6.45) is 1.28. The standard InChI is InChI=1S/C14H28N2O3/c1-11(2)16(12(17)19-13(3,4)5)10-14(18)7-6-8-15-9-14/h11,15,18H,6-10H2,1-5H3. The highest BCUT2D eigenvalue weighted by atomic mass is 16.6. The number of β-amino-alcohol motifs (C(OH)–C–C–N with tert-alkyl or cyclic N) is 1. The van der Waals surface area contributed by atoms with Crippen molar-refractivity contribution in [1.29, 1.82) is 0 Å². The van der Waals surface area contributed by atoms with Crippen molar-refractivity contribution >= 4 is 6.09 Å². The molecular weight excluding hydrogens is 244 g/mol. The molecule has 1 heterocycles. The summed E-state index contributed by atoms with van der Waals surface area (Å²) < 4.78 is 5.40. The number of rotatable bonds is 3. The fourth-order valence-corrected chi connectivity index (χ4v) is 2.18. The monoisotopic (exact) mass is 272 g/mol. The lowest BCUT2D eigenvalue weighted by Gasteiger charge is -2.39. The van der Waals surface area contributed by atoms with Gasteiger partial charge < -0.3 is 20.1 Å². The molecule has 1 unspecified atom stereocenters. The van der Waals surface area contributed by atoms with Gasteiger partial charge in [0.1, 0.15) is 5.60 Å². The molecule has 0 aromatic heterocycles. The van der Waals surface area contributed by atoms with E-state index in [4.69, 9.17) is 4.74 Å². The maximum absolute atomic E-state index is 12.2. The number of piperidine rings is 1. The molecule has 1 amide bonds. The molecule has 5 heteroatoms. The van der Waals surface area contributed by atoms with Crippen LogP contribution in [0.1, 0.15) is 47.5 Å². The van der Waals surface area contributed by atoms with E-state index in [2.05, 4.69) is 5.32 Å². The zero-order chi connectivity index (χ0) is 14.7. The first-order chi connectivity index (χ1) is 8.63. The molecule has 0 spiro atoms. The normalized spacial score (nSPS) is 24.4. The molecule has 1 rings (SSSR count). The number of carbonyl (C=O) groups is 1. The highest BCUT2D eigenvalue weighted by molar-refractivity contribution is 5.68. The van der Waals surface area contributed by atoms with Gasteiger partial charge in [-0.2, -0.15) is 0 Å². The van der Waals surface area contributed by atoms with Crippen LogP contribution in [0.3, 0.4) is 0 Å². The van der Waals surface area contributed by atoms with E-state index in [-0.39, 0.29) is 12.1 Å². The summed E-state index contributed by atoms with van der Waals surface area (Å²) in [7, 11) is 0. The minimum absolute atomic E-state index is 0.000742. The molecule has 0 aromatic rings. The zero-order valence-electron chi connectivity index (χ0n) is 12.8. The maximum Gasteiger partial charge on any atom is 0.410 e. The maximum atomic E-state index is 12.2. The van der Waals surface area contributed by atoms with E-state index in [1.54, 1.807) is 4.90 Å². The van der Waals surface area contributed by atoms with Crippen molar-refractivity contribution in [3.63, 3.8) is 0 Å². The minimum Gasteiger partial charge on any atom is -0.444 e. The van der Waals surface area contributed by atoms with Gasteiger partial charge in [0.25, 0.3) is 0 Å². The number of carbonyl (C=O) groups excluding carboxylic acids is 1. The second-order valence-corrected chi connectivity index (χ2v) is 6.71. The number of nitrogens with zero attached hydrogens (tertiary/aromatic N) is 1. The Kier molecular flexibility index (Phi) is 5.21. The third kappa shape index (κ3) is 5.37. The van der Waals surface area contributed by atoms with Crippen molar-refractivity contribution in [2.24, 2.45) is 0 Å². The van der Waals surface area contributed by atoms with Crippen molar-refractivity contribution in [2.45, 2.75) is 64.7 Å². The molecule has 1 atom stereocenters. The molecule has 1 saturated heterocycles. The molecular formula is C14H28N2O3. The van der Waals surface area contributed by atoms with Crippen molar-refractivity contribution in [2.75, 3.05) is 19.6 Å². The fraction of sp³-hybridized carbons (Fsp3) is 0.929. The molecule has 0 aliphatic carbocycles. The van der Waals surface area contributed by atoms with Gasteiger partial charge in [-0.15, -0.1) is 0 Å². The third-order valence-electron chi connectivity index (χ3n) is 3.17. The Balaban J connectivity index is 2.69. The molecule has 1 aliphatic rings. The Morgan fingerprint density at radius 3 is 2.53 bits per heavy atom. The summed E-state index contributed by atoms with van der Waals surface area (Å²) in [5.41, 5.74) is -1.36. The zero-order valence-corrected chi connectivity index (χ0v) is 12.8. The average molecular weight is 272 g/mol. The number of aliphatic hydroxyl groups is 1. The molecule has 1 aliphatic heterocycles. The summed E-state index contributed by atoms with van der Waals surface area (Å²) in [5, 5.41) is 13.7. The van der Waals surface area contributed by atoms with Crippen LogP contribution in [0.25, 0.3) is 0 Å². The predicted octanol–water partition coefficient (Wildman–Crippen LogP) is 1.75. The Morgan fingerprint density at radius 1 is 1.47 bits per heavy atom. The Hall–Kier alpha value is -0.810. The fourth-order valence-electron chi connectivity index (χ4n) is 2.18. The van der Waals surface area contributed by atoms with Crippen molar-refractivity contribution in [1.82, 2.24) is 10.2 Å². The van der Waals surface area contributed by atoms with Crippen LogP contribution in [0.2, 0.25) is 0 Å². The second kappa shape index (κ2) is 6.09. The van der Waals surface area contributed by atoms with Gasteiger partial charge >= 0.3 is 6.09 Å². The summed E-state index contributed by atoms with van der Waals surface area (Å²) in [6.45, 7) is 11.2. The van der Waals surface area contributed by atoms with Crippen molar-refractivity contribution in [3.05, 3.63) is 0 Å². The van der Waals surface area contributed by atoms with Gasteiger partial charge in [-0.3, -0.25) is 0 Å². The first-order valence-electron chi connectivity index (χ1n) is 7.06. The summed E-state index contributed by atoms with van der Waals surface area (Å²) in [6, 6.07) is 0.000742. The first kappa shape index (κ1) is 16.2. The lowest BCUT2D eigenvalue weighted by molar-refractivity contribution is -0.0360. The van der Waals surface area contributed by atoms with Crippen molar-refractivity contribution in [3.8, 4) is 0 Å². The largest absolute Gasteiger partial charge is 0.444 e. The van der Waals surface area contributed by atoms with Gasteiger partial charge in [0, 0.05) is 12.6 Å². The number of ether oxygens (including phenoxy) is 1. The molecule has 1 fully saturated rings. The summed E-state index contributed by atoms with van der Waals surface area (Å²) >= 11 is 0. The number of hydrogen-bond donors (Lipinski definition) is 2. The van der Waals surface area contributed by atoms with E-state index in [9.17, 15) is 9.90 Å². The molecule has 2 N–H and O–H groups in total. The predicted molar refractivity (Wildman–Crippen MR) is 75.1 cm³/mol. The molecule has 5 nitrogen and oxygen atoms in total. The molecule has 112 valence electrons. The second-order valence-electron chi connectivity index (χ2n) is 6.71. The number of amides is 1. The molecule has 19 heavy (non-hydrogen) atoms. The van der Waals surface area contributed by atoms with Crippen LogP contribution in [0.15, 0.2) is 0 Å². The average Bonchev–Trinajstić information content (AvgIpc) is 2.24. The van der Waals surface area contributed by atoms with Gasteiger partial charge in [-0.1, -0.05) is 0 Å². The van der Waals surface area contributed by atoms with Crippen LogP contribution in [0.5, 0.6) is 0 Å². The number of hydrogen-bond acceptors (Lipinski definition) is 4. The highest BCUT2D eigenvalue weighted by Crippen LogP contribution is 2.20. The van der Waals surface area contributed by atoms with Crippen LogP contribution in [-0.2, 0) is 4.74 Å². The van der Waals surface area contributed by atoms with E-state index in [0.717, 1.165) is 13.0 Å². The van der Waals surface area contributed by atoms with E-state index in [1.165, 1.54) is 0 Å². The van der Waals surface area contributed by atoms with Crippen LogP contribution in [0.4, 0.5) is 4.79 Å². The third-order valence-corrected chi connectivity index (χ3v) is 3.17. The van der Waals surface area contributed by atoms with Crippen LogP contribution < -0.4 is 5.32 Å². The van der Waals surface area contributed by atoms with Gasteiger partial charge in [-0.25, -0.2) is 4.79 Å². The van der Waals surface area contributed by atoms with Gasteiger partial charge in [0.05, 0.1) is 12.1 Å². The summed E-state index contributed by atoms with van der Waals surface area (Å²) in [5.74, 6) is 0. The highest BCUT2D eigenvalue weighted by Gasteiger charge is 2.35. The quantitative estimate of drug-likeness (QED) is 0.821. The Morgan fingerprint density at radius 2 is 2.11 bits per heavy atom. The van der Waals surface area contributed by atoms with Crippen LogP contribution in [0, 0.1) is 0 Å². The topological polar surface area (TPSA) is 61.8 Å².